The molecule has 0 saturated carbocycles. The summed E-state index contributed by atoms with van der Waals surface area (Å²) >= 11 is 0. The maximum absolute atomic E-state index is 5.45. The molecule has 0 amide bonds. The first-order valence-corrected chi connectivity index (χ1v) is 7.25. The van der Waals surface area contributed by atoms with Crippen LogP contribution < -0.4 is 0 Å². The first-order valence-electron chi connectivity index (χ1n) is 7.25. The van der Waals surface area contributed by atoms with Crippen molar-refractivity contribution < 1.29 is 4.74 Å². The molecular formula is C13H23N5O. The van der Waals surface area contributed by atoms with Gasteiger partial charge in [-0.2, -0.15) is 5.10 Å². The summed E-state index contributed by atoms with van der Waals surface area (Å²) in [5, 5.41) is 4.14. The maximum atomic E-state index is 5.45. The van der Waals surface area contributed by atoms with Gasteiger partial charge < -0.3 is 9.64 Å². The number of piperazine rings is 1. The number of nitrogens with zero attached hydrogens (tertiary/aromatic N) is 5. The van der Waals surface area contributed by atoms with Crippen LogP contribution in [0.15, 0.2) is 12.7 Å². The van der Waals surface area contributed by atoms with E-state index in [-0.39, 0.29) is 0 Å². The average Bonchev–Trinajstić information content (AvgIpc) is 3.11. The summed E-state index contributed by atoms with van der Waals surface area (Å²) < 4.78 is 7.35. The van der Waals surface area contributed by atoms with Crippen molar-refractivity contribution in [2.24, 2.45) is 5.92 Å². The second-order valence-electron chi connectivity index (χ2n) is 5.53. The van der Waals surface area contributed by atoms with Gasteiger partial charge in [0.1, 0.15) is 12.7 Å². The molecule has 1 aromatic heterocycles. The van der Waals surface area contributed by atoms with Gasteiger partial charge in [0.25, 0.3) is 0 Å². The highest BCUT2D eigenvalue weighted by molar-refractivity contribution is 4.76. The van der Waals surface area contributed by atoms with Gasteiger partial charge in [0.2, 0.25) is 0 Å². The maximum Gasteiger partial charge on any atom is 0.137 e. The van der Waals surface area contributed by atoms with Crippen LogP contribution in [-0.2, 0) is 11.3 Å². The highest BCUT2D eigenvalue weighted by Crippen LogP contribution is 2.15. The molecule has 0 unspecified atom stereocenters. The van der Waals surface area contributed by atoms with Gasteiger partial charge >= 0.3 is 0 Å². The Kier molecular flexibility index (Phi) is 4.42. The van der Waals surface area contributed by atoms with E-state index in [1.54, 1.807) is 12.7 Å². The minimum atomic E-state index is 0.765. The zero-order valence-electron chi connectivity index (χ0n) is 11.4. The molecule has 1 aromatic rings. The molecule has 0 spiro atoms. The quantitative estimate of drug-likeness (QED) is 0.746. The molecule has 6 nitrogen and oxygen atoms in total. The van der Waals surface area contributed by atoms with Crippen LogP contribution in [0.2, 0.25) is 0 Å². The lowest BCUT2D eigenvalue weighted by atomic mass is 10.1. The van der Waals surface area contributed by atoms with Gasteiger partial charge in [-0.1, -0.05) is 0 Å². The molecule has 19 heavy (non-hydrogen) atoms. The highest BCUT2D eigenvalue weighted by Gasteiger charge is 2.22. The molecule has 2 aliphatic heterocycles. The summed E-state index contributed by atoms with van der Waals surface area (Å²) in [5.41, 5.74) is 0. The van der Waals surface area contributed by atoms with Crippen LogP contribution in [0, 0.1) is 5.92 Å². The van der Waals surface area contributed by atoms with Gasteiger partial charge in [0, 0.05) is 45.9 Å². The van der Waals surface area contributed by atoms with Crippen LogP contribution in [0.5, 0.6) is 0 Å². The number of hydrogen-bond donors (Lipinski definition) is 0. The average molecular weight is 265 g/mol. The van der Waals surface area contributed by atoms with Gasteiger partial charge in [0.15, 0.2) is 0 Å². The third-order valence-corrected chi connectivity index (χ3v) is 4.12. The summed E-state index contributed by atoms with van der Waals surface area (Å²) in [5.74, 6) is 0.765. The summed E-state index contributed by atoms with van der Waals surface area (Å²) in [6.45, 7) is 9.87. The Morgan fingerprint density at radius 3 is 2.63 bits per heavy atom. The molecule has 3 heterocycles. The zero-order valence-corrected chi connectivity index (χ0v) is 11.4. The van der Waals surface area contributed by atoms with E-state index in [9.17, 15) is 0 Å². The van der Waals surface area contributed by atoms with Crippen LogP contribution in [0.1, 0.15) is 6.42 Å². The molecule has 2 aliphatic rings. The third-order valence-electron chi connectivity index (χ3n) is 4.12. The summed E-state index contributed by atoms with van der Waals surface area (Å²) in [7, 11) is 0. The van der Waals surface area contributed by atoms with Crippen LogP contribution in [0.4, 0.5) is 0 Å². The summed E-state index contributed by atoms with van der Waals surface area (Å²) in [6, 6.07) is 0. The molecule has 0 bridgehead atoms. The molecule has 0 N–H and O–H groups in total. The van der Waals surface area contributed by atoms with E-state index in [4.69, 9.17) is 4.74 Å². The van der Waals surface area contributed by atoms with Gasteiger partial charge in [-0.25, -0.2) is 4.98 Å². The Morgan fingerprint density at radius 1 is 1.11 bits per heavy atom. The smallest absolute Gasteiger partial charge is 0.137 e. The molecule has 3 rings (SSSR count). The molecule has 1 atom stereocenters. The molecule has 6 heteroatoms. The van der Waals surface area contributed by atoms with Gasteiger partial charge in [-0.05, 0) is 12.3 Å². The van der Waals surface area contributed by atoms with E-state index in [1.165, 1.54) is 39.1 Å². The lowest BCUT2D eigenvalue weighted by molar-refractivity contribution is 0.108. The van der Waals surface area contributed by atoms with Crippen molar-refractivity contribution >= 4 is 0 Å². The standard InChI is InChI=1S/C13H23N5O/c1-8-19-10-13(1)9-17-4-2-16(3-5-17)6-7-18-12-14-11-15-18/h11-13H,1-10H2/t13-/m0/s1. The fourth-order valence-electron chi connectivity index (χ4n) is 2.88. The second kappa shape index (κ2) is 6.45. The first kappa shape index (κ1) is 13.0. The lowest BCUT2D eigenvalue weighted by Crippen LogP contribution is -2.48. The largest absolute Gasteiger partial charge is 0.381 e. The van der Waals surface area contributed by atoms with E-state index in [0.717, 1.165) is 32.2 Å². The van der Waals surface area contributed by atoms with Crippen LogP contribution >= 0.6 is 0 Å². The molecule has 2 fully saturated rings. The zero-order chi connectivity index (χ0) is 12.9. The Bertz CT molecular complexity index is 355. The van der Waals surface area contributed by atoms with Crippen LogP contribution in [0.25, 0.3) is 0 Å². The summed E-state index contributed by atoms with van der Waals surface area (Å²) in [6.07, 6.45) is 4.63. The molecule has 2 saturated heterocycles. The normalized spacial score (nSPS) is 26.0. The molecule has 0 aliphatic carbocycles. The number of ether oxygens (including phenoxy) is 1. The minimum absolute atomic E-state index is 0.765. The lowest BCUT2D eigenvalue weighted by Gasteiger charge is -2.35. The Balaban J connectivity index is 1.34. The van der Waals surface area contributed by atoms with Crippen molar-refractivity contribution in [3.63, 3.8) is 0 Å². The van der Waals surface area contributed by atoms with Gasteiger partial charge in [-0.3, -0.25) is 9.58 Å². The van der Waals surface area contributed by atoms with E-state index in [2.05, 4.69) is 19.9 Å². The monoisotopic (exact) mass is 265 g/mol. The topological polar surface area (TPSA) is 46.4 Å². The Morgan fingerprint density at radius 2 is 1.95 bits per heavy atom. The predicted molar refractivity (Wildman–Crippen MR) is 71.8 cm³/mol. The van der Waals surface area contributed by atoms with Crippen molar-refractivity contribution in [2.45, 2.75) is 13.0 Å². The highest BCUT2D eigenvalue weighted by atomic mass is 16.5. The van der Waals surface area contributed by atoms with E-state index in [0.29, 0.717) is 0 Å². The summed E-state index contributed by atoms with van der Waals surface area (Å²) in [4.78, 5) is 9.07. The van der Waals surface area contributed by atoms with E-state index in [1.807, 2.05) is 4.68 Å². The van der Waals surface area contributed by atoms with E-state index < -0.39 is 0 Å². The van der Waals surface area contributed by atoms with Gasteiger partial charge in [-0.15, -0.1) is 0 Å². The number of aromatic nitrogens is 3. The molecule has 0 aromatic carbocycles. The second-order valence-corrected chi connectivity index (χ2v) is 5.53. The Labute approximate surface area is 114 Å². The van der Waals surface area contributed by atoms with Crippen molar-refractivity contribution in [1.29, 1.82) is 0 Å². The van der Waals surface area contributed by atoms with Crippen LogP contribution in [-0.4, -0.2) is 77.0 Å². The van der Waals surface area contributed by atoms with Crippen molar-refractivity contribution in [3.05, 3.63) is 12.7 Å². The molecule has 0 radical (unpaired) electrons. The first-order chi connectivity index (χ1) is 9.40. The number of rotatable bonds is 5. The minimum Gasteiger partial charge on any atom is -0.381 e. The van der Waals surface area contributed by atoms with E-state index >= 15 is 0 Å². The van der Waals surface area contributed by atoms with Gasteiger partial charge in [0.05, 0.1) is 13.2 Å². The Hall–Kier alpha value is -0.980. The number of hydrogen-bond acceptors (Lipinski definition) is 5. The molecular weight excluding hydrogens is 242 g/mol. The fourth-order valence-corrected chi connectivity index (χ4v) is 2.88. The molecule has 106 valence electrons. The SMILES string of the molecule is c1ncn(CCN2CCN(C[C@@H]3CCOC3)CC2)n1. The van der Waals surface area contributed by atoms with Crippen molar-refractivity contribution in [3.8, 4) is 0 Å². The van der Waals surface area contributed by atoms with Crippen LogP contribution in [0.3, 0.4) is 0 Å². The predicted octanol–water partition coefficient (Wildman–Crippen LogP) is -0.0678. The fraction of sp³-hybridized carbons (Fsp3) is 0.846. The van der Waals surface area contributed by atoms with Crippen molar-refractivity contribution in [2.75, 3.05) is 52.5 Å². The van der Waals surface area contributed by atoms with Crippen molar-refractivity contribution in [1.82, 2.24) is 24.6 Å². The third kappa shape index (κ3) is 3.75.